The van der Waals surface area contributed by atoms with Crippen molar-refractivity contribution in [3.8, 4) is 0 Å². The number of hydrogen-bond acceptors (Lipinski definition) is 3. The van der Waals surface area contributed by atoms with Crippen molar-refractivity contribution in [3.05, 3.63) is 35.4 Å². The van der Waals surface area contributed by atoms with Crippen molar-refractivity contribution in [1.29, 1.82) is 0 Å². The fraction of sp³-hybridized carbons (Fsp3) is 0.500. The molecule has 1 aromatic rings. The zero-order chi connectivity index (χ0) is 13.0. The molecule has 1 fully saturated rings. The maximum Gasteiger partial charge on any atom is 0.407 e. The Labute approximate surface area is 107 Å². The lowest BCUT2D eigenvalue weighted by Crippen LogP contribution is -2.35. The molecule has 98 valence electrons. The highest BCUT2D eigenvalue weighted by molar-refractivity contribution is 5.67. The molecule has 0 spiro atoms. The largest absolute Gasteiger partial charge is 0.445 e. The van der Waals surface area contributed by atoms with Gasteiger partial charge in [-0.15, -0.1) is 0 Å². The van der Waals surface area contributed by atoms with E-state index in [4.69, 9.17) is 9.47 Å². The number of hydrogen-bond donors (Lipinski definition) is 1. The van der Waals surface area contributed by atoms with Crippen LogP contribution in [0.15, 0.2) is 24.3 Å². The Balaban J connectivity index is 1.73. The Kier molecular flexibility index (Phi) is 4.20. The van der Waals surface area contributed by atoms with Crippen molar-refractivity contribution >= 4 is 6.09 Å². The molecular weight excluding hydrogens is 230 g/mol. The third-order valence-electron chi connectivity index (χ3n) is 3.01. The molecule has 1 N–H and O–H groups in total. The number of alkyl carbamates (subject to hydrolysis) is 1. The lowest BCUT2D eigenvalue weighted by atomic mass is 10.2. The van der Waals surface area contributed by atoms with Crippen molar-refractivity contribution < 1.29 is 14.3 Å². The molecule has 1 aromatic carbocycles. The van der Waals surface area contributed by atoms with Gasteiger partial charge in [-0.2, -0.15) is 0 Å². The van der Waals surface area contributed by atoms with Crippen LogP contribution in [0.5, 0.6) is 0 Å². The van der Waals surface area contributed by atoms with E-state index in [1.807, 2.05) is 38.1 Å². The van der Waals surface area contributed by atoms with Crippen molar-refractivity contribution in [3.63, 3.8) is 0 Å². The fourth-order valence-corrected chi connectivity index (χ4v) is 1.96. The molecule has 2 atom stereocenters. The molecule has 0 aromatic heterocycles. The third kappa shape index (κ3) is 3.74. The van der Waals surface area contributed by atoms with Gasteiger partial charge in [0.05, 0.1) is 18.8 Å². The summed E-state index contributed by atoms with van der Waals surface area (Å²) in [4.78, 5) is 11.6. The van der Waals surface area contributed by atoms with Gasteiger partial charge in [0.25, 0.3) is 0 Å². The molecule has 1 aliphatic heterocycles. The molecule has 0 saturated carbocycles. The Hall–Kier alpha value is -1.55. The van der Waals surface area contributed by atoms with Gasteiger partial charge in [0.1, 0.15) is 6.61 Å². The molecule has 1 saturated heterocycles. The van der Waals surface area contributed by atoms with Crippen LogP contribution in [0.1, 0.15) is 24.5 Å². The van der Waals surface area contributed by atoms with Crippen molar-refractivity contribution in [2.24, 2.45) is 0 Å². The summed E-state index contributed by atoms with van der Waals surface area (Å²) >= 11 is 0. The molecule has 2 rings (SSSR count). The van der Waals surface area contributed by atoms with E-state index in [1.54, 1.807) is 0 Å². The van der Waals surface area contributed by atoms with E-state index in [9.17, 15) is 4.79 Å². The van der Waals surface area contributed by atoms with Crippen LogP contribution < -0.4 is 5.32 Å². The van der Waals surface area contributed by atoms with Crippen LogP contribution in [0.3, 0.4) is 0 Å². The minimum Gasteiger partial charge on any atom is -0.445 e. The first-order valence-corrected chi connectivity index (χ1v) is 6.24. The molecule has 1 unspecified atom stereocenters. The van der Waals surface area contributed by atoms with Gasteiger partial charge in [-0.3, -0.25) is 0 Å². The van der Waals surface area contributed by atoms with Gasteiger partial charge in [-0.25, -0.2) is 4.79 Å². The first-order chi connectivity index (χ1) is 8.63. The molecule has 4 nitrogen and oxygen atoms in total. The van der Waals surface area contributed by atoms with Gasteiger partial charge in [0, 0.05) is 0 Å². The number of nitrogens with one attached hydrogen (secondary N) is 1. The molecule has 0 aliphatic carbocycles. The Morgan fingerprint density at radius 1 is 1.44 bits per heavy atom. The van der Waals surface area contributed by atoms with E-state index in [0.29, 0.717) is 13.2 Å². The maximum atomic E-state index is 11.6. The summed E-state index contributed by atoms with van der Waals surface area (Å²) in [7, 11) is 0. The molecule has 1 amide bonds. The topological polar surface area (TPSA) is 47.6 Å². The van der Waals surface area contributed by atoms with Gasteiger partial charge >= 0.3 is 6.09 Å². The first-order valence-electron chi connectivity index (χ1n) is 6.24. The minimum atomic E-state index is -0.377. The molecule has 0 radical (unpaired) electrons. The predicted octanol–water partition coefficient (Wildman–Crippen LogP) is 2.40. The van der Waals surface area contributed by atoms with E-state index in [1.165, 1.54) is 5.56 Å². The first kappa shape index (κ1) is 12.9. The molecule has 0 bridgehead atoms. The normalized spacial score (nSPS) is 22.8. The number of carbonyl (C=O) groups is 1. The van der Waals surface area contributed by atoms with E-state index >= 15 is 0 Å². The number of aryl methyl sites for hydroxylation is 1. The van der Waals surface area contributed by atoms with Gasteiger partial charge in [0.2, 0.25) is 0 Å². The number of amides is 1. The fourth-order valence-electron chi connectivity index (χ4n) is 1.96. The summed E-state index contributed by atoms with van der Waals surface area (Å²) in [5, 5.41) is 2.80. The average Bonchev–Trinajstić information content (AvgIpc) is 2.74. The second-order valence-corrected chi connectivity index (χ2v) is 4.78. The maximum absolute atomic E-state index is 11.6. The van der Waals surface area contributed by atoms with Crippen LogP contribution in [0, 0.1) is 6.92 Å². The van der Waals surface area contributed by atoms with Crippen LogP contribution >= 0.6 is 0 Å². The quantitative estimate of drug-likeness (QED) is 0.894. The number of rotatable bonds is 3. The summed E-state index contributed by atoms with van der Waals surface area (Å²) in [6.45, 7) is 4.90. The molecule has 1 heterocycles. The Bertz CT molecular complexity index is 402. The van der Waals surface area contributed by atoms with Gasteiger partial charge in [-0.05, 0) is 25.8 Å². The second kappa shape index (κ2) is 5.87. The molecule has 4 heteroatoms. The zero-order valence-electron chi connectivity index (χ0n) is 10.8. The smallest absolute Gasteiger partial charge is 0.407 e. The second-order valence-electron chi connectivity index (χ2n) is 4.78. The monoisotopic (exact) mass is 249 g/mol. The van der Waals surface area contributed by atoms with Crippen LogP contribution in [-0.4, -0.2) is 24.8 Å². The summed E-state index contributed by atoms with van der Waals surface area (Å²) < 4.78 is 10.5. The van der Waals surface area contributed by atoms with Gasteiger partial charge in [-0.1, -0.05) is 29.8 Å². The highest BCUT2D eigenvalue weighted by Crippen LogP contribution is 2.12. The highest BCUT2D eigenvalue weighted by atomic mass is 16.5. The Morgan fingerprint density at radius 2 is 2.17 bits per heavy atom. The van der Waals surface area contributed by atoms with E-state index in [0.717, 1.165) is 12.0 Å². The lowest BCUT2D eigenvalue weighted by molar-refractivity contribution is 0.116. The van der Waals surface area contributed by atoms with Crippen molar-refractivity contribution in [2.45, 2.75) is 39.0 Å². The van der Waals surface area contributed by atoms with E-state index < -0.39 is 0 Å². The lowest BCUT2D eigenvalue weighted by Gasteiger charge is -2.11. The summed E-state index contributed by atoms with van der Waals surface area (Å²) in [6.07, 6.45) is 0.685. The number of benzene rings is 1. The van der Waals surface area contributed by atoms with Crippen LogP contribution in [0.25, 0.3) is 0 Å². The number of ether oxygens (including phenoxy) is 2. The van der Waals surface area contributed by atoms with Crippen LogP contribution in [-0.2, 0) is 16.1 Å². The SMILES string of the molecule is Cc1ccc(COC(=O)NC2CO[C@H](C)C2)cc1. The Morgan fingerprint density at radius 3 is 2.78 bits per heavy atom. The van der Waals surface area contributed by atoms with Gasteiger partial charge in [0.15, 0.2) is 0 Å². The molecule has 1 aliphatic rings. The van der Waals surface area contributed by atoms with E-state index in [2.05, 4.69) is 5.32 Å². The average molecular weight is 249 g/mol. The summed E-state index contributed by atoms with van der Waals surface area (Å²) in [5.41, 5.74) is 2.19. The minimum absolute atomic E-state index is 0.0746. The number of carbonyl (C=O) groups excluding carboxylic acids is 1. The third-order valence-corrected chi connectivity index (χ3v) is 3.01. The van der Waals surface area contributed by atoms with Crippen molar-refractivity contribution in [1.82, 2.24) is 5.32 Å². The van der Waals surface area contributed by atoms with Crippen LogP contribution in [0.2, 0.25) is 0 Å². The highest BCUT2D eigenvalue weighted by Gasteiger charge is 2.23. The molecule has 18 heavy (non-hydrogen) atoms. The zero-order valence-corrected chi connectivity index (χ0v) is 10.8. The van der Waals surface area contributed by atoms with Crippen LogP contribution in [0.4, 0.5) is 4.79 Å². The van der Waals surface area contributed by atoms with E-state index in [-0.39, 0.29) is 18.2 Å². The van der Waals surface area contributed by atoms with Crippen molar-refractivity contribution in [2.75, 3.05) is 6.61 Å². The predicted molar refractivity (Wildman–Crippen MR) is 68.3 cm³/mol. The molecular formula is C14H19NO3. The van der Waals surface area contributed by atoms with Gasteiger partial charge < -0.3 is 14.8 Å². The standard InChI is InChI=1S/C14H19NO3/c1-10-3-5-12(6-4-10)8-18-14(16)15-13-7-11(2)17-9-13/h3-6,11,13H,7-9H2,1-2H3,(H,15,16)/t11-,13?/m1/s1. The summed E-state index contributed by atoms with van der Waals surface area (Å²) in [5.74, 6) is 0. The summed E-state index contributed by atoms with van der Waals surface area (Å²) in [6, 6.07) is 8.00.